The van der Waals surface area contributed by atoms with Crippen LogP contribution >= 0.6 is 0 Å². The zero-order valence-electron chi connectivity index (χ0n) is 18.3. The molecule has 4 aromatic rings. The molecule has 0 radical (unpaired) electrons. The highest BCUT2D eigenvalue weighted by Crippen LogP contribution is 2.37. The predicted octanol–water partition coefficient (Wildman–Crippen LogP) is 4.85. The molecule has 0 bridgehead atoms. The molecular formula is C25H28N4O2. The molecule has 0 aliphatic heterocycles. The van der Waals surface area contributed by atoms with Crippen LogP contribution in [0.15, 0.2) is 53.6 Å². The molecule has 3 heterocycles. The van der Waals surface area contributed by atoms with Gasteiger partial charge in [-0.25, -0.2) is 9.50 Å². The largest absolute Gasteiger partial charge is 0.378 e. The van der Waals surface area contributed by atoms with E-state index < -0.39 is 0 Å². The van der Waals surface area contributed by atoms with Crippen molar-refractivity contribution in [2.45, 2.75) is 45.8 Å². The van der Waals surface area contributed by atoms with Gasteiger partial charge in [-0.1, -0.05) is 57.0 Å². The Balaban J connectivity index is 1.71. The number of aromatic nitrogens is 4. The molecule has 160 valence electrons. The number of nitrogens with zero attached hydrogens (tertiary/aromatic N) is 4. The maximum absolute atomic E-state index is 13.5. The van der Waals surface area contributed by atoms with Crippen molar-refractivity contribution >= 4 is 16.6 Å². The smallest absolute Gasteiger partial charge is 0.261 e. The summed E-state index contributed by atoms with van der Waals surface area (Å²) in [6.07, 6.45) is 7.11. The number of benzene rings is 1. The van der Waals surface area contributed by atoms with Gasteiger partial charge in [-0.15, -0.1) is 0 Å². The van der Waals surface area contributed by atoms with Crippen molar-refractivity contribution in [2.24, 2.45) is 11.8 Å². The minimum atomic E-state index is 0.0166. The van der Waals surface area contributed by atoms with Crippen molar-refractivity contribution in [3.05, 3.63) is 64.8 Å². The fourth-order valence-electron chi connectivity index (χ4n) is 5.07. The number of hydrogen-bond acceptors (Lipinski definition) is 4. The summed E-state index contributed by atoms with van der Waals surface area (Å²) >= 11 is 0. The molecule has 1 saturated carbocycles. The van der Waals surface area contributed by atoms with Crippen LogP contribution in [-0.2, 0) is 11.3 Å². The third kappa shape index (κ3) is 3.26. The van der Waals surface area contributed by atoms with E-state index >= 15 is 0 Å². The van der Waals surface area contributed by atoms with Gasteiger partial charge in [0.25, 0.3) is 5.56 Å². The summed E-state index contributed by atoms with van der Waals surface area (Å²) < 4.78 is 9.13. The van der Waals surface area contributed by atoms with E-state index in [1.807, 2.05) is 47.2 Å². The number of fused-ring (bicyclic) bond motifs is 3. The molecular weight excluding hydrogens is 388 g/mol. The van der Waals surface area contributed by atoms with Crippen LogP contribution in [0.4, 0.5) is 0 Å². The van der Waals surface area contributed by atoms with Crippen LogP contribution in [0.1, 0.15) is 44.8 Å². The topological polar surface area (TPSA) is 61.4 Å². The quantitative estimate of drug-likeness (QED) is 0.477. The zero-order valence-corrected chi connectivity index (χ0v) is 18.3. The average molecular weight is 417 g/mol. The van der Waals surface area contributed by atoms with Crippen molar-refractivity contribution in [3.8, 4) is 11.1 Å². The Morgan fingerprint density at radius 3 is 2.71 bits per heavy atom. The number of methoxy groups -OCH3 is 1. The molecule has 1 aromatic carbocycles. The maximum Gasteiger partial charge on any atom is 0.261 e. The van der Waals surface area contributed by atoms with Gasteiger partial charge >= 0.3 is 0 Å². The van der Waals surface area contributed by atoms with Crippen LogP contribution in [0.3, 0.4) is 0 Å². The third-order valence-electron chi connectivity index (χ3n) is 6.98. The highest BCUT2D eigenvalue weighted by Gasteiger charge is 2.29. The molecule has 1 aliphatic rings. The highest BCUT2D eigenvalue weighted by atomic mass is 16.5. The second-order valence-corrected chi connectivity index (χ2v) is 8.78. The van der Waals surface area contributed by atoms with E-state index in [0.717, 1.165) is 40.8 Å². The Morgan fingerprint density at radius 2 is 1.94 bits per heavy atom. The second-order valence-electron chi connectivity index (χ2n) is 8.78. The van der Waals surface area contributed by atoms with E-state index in [-0.39, 0.29) is 11.6 Å². The zero-order chi connectivity index (χ0) is 21.5. The predicted molar refractivity (Wildman–Crippen MR) is 122 cm³/mol. The monoisotopic (exact) mass is 416 g/mol. The van der Waals surface area contributed by atoms with Crippen molar-refractivity contribution in [1.82, 2.24) is 19.2 Å². The first-order valence-electron chi connectivity index (χ1n) is 11.1. The molecule has 6 heteroatoms. The molecule has 3 aromatic heterocycles. The number of rotatable bonds is 4. The highest BCUT2D eigenvalue weighted by molar-refractivity contribution is 5.86. The van der Waals surface area contributed by atoms with E-state index in [0.29, 0.717) is 23.8 Å². The van der Waals surface area contributed by atoms with Crippen LogP contribution < -0.4 is 5.56 Å². The minimum Gasteiger partial charge on any atom is -0.378 e. The molecule has 1 fully saturated rings. The standard InChI is InChI=1S/C25H28N4O2/c1-16-8-7-11-21(17(16)2)28-13-12-22-19(25(28)30)14-26-24-23(18-9-5-4-6-10-18)20(15-31-3)27-29(22)24/h4-6,9-10,12-14,16-17,21H,7-8,11,15H2,1-3H3. The fraction of sp³-hybridized carbons (Fsp3) is 0.400. The first-order valence-corrected chi connectivity index (χ1v) is 11.1. The summed E-state index contributed by atoms with van der Waals surface area (Å²) in [5.41, 5.74) is 4.33. The van der Waals surface area contributed by atoms with Gasteiger partial charge < -0.3 is 9.30 Å². The van der Waals surface area contributed by atoms with Crippen molar-refractivity contribution in [1.29, 1.82) is 0 Å². The van der Waals surface area contributed by atoms with Crippen LogP contribution in [0.5, 0.6) is 0 Å². The summed E-state index contributed by atoms with van der Waals surface area (Å²) in [5.74, 6) is 1.10. The summed E-state index contributed by atoms with van der Waals surface area (Å²) in [4.78, 5) is 18.2. The van der Waals surface area contributed by atoms with E-state index in [9.17, 15) is 4.79 Å². The third-order valence-corrected chi connectivity index (χ3v) is 6.98. The van der Waals surface area contributed by atoms with Crippen molar-refractivity contribution < 1.29 is 4.74 Å². The lowest BCUT2D eigenvalue weighted by molar-refractivity contribution is 0.181. The molecule has 3 unspecified atom stereocenters. The van der Waals surface area contributed by atoms with Gasteiger partial charge in [0.05, 0.1) is 28.8 Å². The Hall–Kier alpha value is -2.99. The molecule has 0 amide bonds. The minimum absolute atomic E-state index is 0.0166. The number of pyridine rings is 1. The molecule has 1 aliphatic carbocycles. The van der Waals surface area contributed by atoms with Crippen LogP contribution in [0, 0.1) is 11.8 Å². The molecule has 6 nitrogen and oxygen atoms in total. The summed E-state index contributed by atoms with van der Waals surface area (Å²) in [7, 11) is 1.66. The first-order chi connectivity index (χ1) is 15.1. The Morgan fingerprint density at radius 1 is 1.13 bits per heavy atom. The maximum atomic E-state index is 13.5. The second kappa shape index (κ2) is 7.93. The summed E-state index contributed by atoms with van der Waals surface area (Å²) in [5, 5.41) is 5.40. The molecule has 5 rings (SSSR count). The van der Waals surface area contributed by atoms with Crippen molar-refractivity contribution in [3.63, 3.8) is 0 Å². The lowest BCUT2D eigenvalue weighted by Crippen LogP contribution is -2.33. The van der Waals surface area contributed by atoms with E-state index in [1.165, 1.54) is 6.42 Å². The Kier molecular flexibility index (Phi) is 5.10. The molecule has 0 N–H and O–H groups in total. The van der Waals surface area contributed by atoms with Gasteiger partial charge in [0, 0.05) is 25.5 Å². The molecule has 31 heavy (non-hydrogen) atoms. The van der Waals surface area contributed by atoms with Gasteiger partial charge in [0.1, 0.15) is 0 Å². The van der Waals surface area contributed by atoms with Gasteiger partial charge in [0.15, 0.2) is 5.65 Å². The van der Waals surface area contributed by atoms with Crippen LogP contribution in [0.25, 0.3) is 27.7 Å². The fourth-order valence-corrected chi connectivity index (χ4v) is 5.07. The first kappa shape index (κ1) is 19.9. The van der Waals surface area contributed by atoms with E-state index in [1.54, 1.807) is 17.8 Å². The Bertz CT molecular complexity index is 1290. The number of hydrogen-bond donors (Lipinski definition) is 0. The normalized spacial score (nSPS) is 21.7. The molecule has 3 atom stereocenters. The SMILES string of the molecule is COCc1nn2c(ncc3c(=O)n(C4CCCC(C)C4C)ccc32)c1-c1ccccc1. The molecule has 0 saturated heterocycles. The molecule has 0 spiro atoms. The number of ether oxygens (including phenoxy) is 1. The Labute approximate surface area is 181 Å². The average Bonchev–Trinajstić information content (AvgIpc) is 3.15. The van der Waals surface area contributed by atoms with Gasteiger partial charge in [-0.05, 0) is 29.9 Å². The van der Waals surface area contributed by atoms with Crippen molar-refractivity contribution in [2.75, 3.05) is 7.11 Å². The van der Waals surface area contributed by atoms with E-state index in [4.69, 9.17) is 14.8 Å². The summed E-state index contributed by atoms with van der Waals surface area (Å²) in [6.45, 7) is 4.94. The van der Waals surface area contributed by atoms with E-state index in [2.05, 4.69) is 13.8 Å². The van der Waals surface area contributed by atoms with Crippen LogP contribution in [0.2, 0.25) is 0 Å². The van der Waals surface area contributed by atoms with Crippen LogP contribution in [-0.4, -0.2) is 26.3 Å². The summed E-state index contributed by atoms with van der Waals surface area (Å²) in [6, 6.07) is 12.3. The van der Waals surface area contributed by atoms with Gasteiger partial charge in [-0.3, -0.25) is 4.79 Å². The lowest BCUT2D eigenvalue weighted by atomic mass is 9.78. The lowest BCUT2D eigenvalue weighted by Gasteiger charge is -2.35. The van der Waals surface area contributed by atoms with Gasteiger partial charge in [-0.2, -0.15) is 5.10 Å². The van der Waals surface area contributed by atoms with Gasteiger partial charge in [0.2, 0.25) is 0 Å².